The second-order valence-electron chi connectivity index (χ2n) is 4.07. The molecule has 0 aliphatic heterocycles. The van der Waals surface area contributed by atoms with Crippen LogP contribution in [0.3, 0.4) is 0 Å². The number of aliphatic carboxylic acids is 1. The van der Waals surface area contributed by atoms with Crippen LogP contribution in [0.25, 0.3) is 11.0 Å². The van der Waals surface area contributed by atoms with E-state index in [4.69, 9.17) is 9.84 Å². The molecule has 0 aliphatic rings. The summed E-state index contributed by atoms with van der Waals surface area (Å²) >= 11 is 0. The number of hydrogen-bond donors (Lipinski definition) is 2. The van der Waals surface area contributed by atoms with E-state index in [0.717, 1.165) is 23.3 Å². The van der Waals surface area contributed by atoms with Crippen molar-refractivity contribution in [3.05, 3.63) is 24.0 Å². The molecular weight excluding hydrogens is 232 g/mol. The number of aromatic nitrogens is 2. The van der Waals surface area contributed by atoms with Gasteiger partial charge in [-0.15, -0.1) is 0 Å². The molecule has 1 unspecified atom stereocenters. The molecule has 2 rings (SSSR count). The Balaban J connectivity index is 2.26. The van der Waals surface area contributed by atoms with E-state index in [-0.39, 0.29) is 0 Å². The molecule has 0 amide bonds. The van der Waals surface area contributed by atoms with E-state index < -0.39 is 12.1 Å². The smallest absolute Gasteiger partial charge is 0.344 e. The third-order valence-corrected chi connectivity index (χ3v) is 2.76. The van der Waals surface area contributed by atoms with E-state index in [1.54, 1.807) is 19.1 Å². The van der Waals surface area contributed by atoms with Crippen LogP contribution in [-0.2, 0) is 11.2 Å². The standard InChI is InChI=1S/C13H16N2O3/c1-3-11(13(16)17)18-8-5-6-9-10(7-8)15-12(4-2)14-9/h5-7,11H,3-4H2,1-2H3,(H,14,15)(H,16,17). The molecule has 96 valence electrons. The van der Waals surface area contributed by atoms with Crippen LogP contribution >= 0.6 is 0 Å². The molecule has 0 spiro atoms. The molecule has 1 heterocycles. The summed E-state index contributed by atoms with van der Waals surface area (Å²) in [5, 5.41) is 8.94. The minimum atomic E-state index is -0.948. The van der Waals surface area contributed by atoms with Crippen molar-refractivity contribution in [2.24, 2.45) is 0 Å². The van der Waals surface area contributed by atoms with Crippen molar-refractivity contribution in [3.8, 4) is 5.75 Å². The monoisotopic (exact) mass is 248 g/mol. The molecule has 2 aromatic rings. The number of benzene rings is 1. The number of ether oxygens (including phenoxy) is 1. The Bertz CT molecular complexity index is 562. The van der Waals surface area contributed by atoms with E-state index >= 15 is 0 Å². The van der Waals surface area contributed by atoms with E-state index in [2.05, 4.69) is 9.97 Å². The number of nitrogens with zero attached hydrogens (tertiary/aromatic N) is 1. The van der Waals surface area contributed by atoms with Gasteiger partial charge in [0.2, 0.25) is 0 Å². The Hall–Kier alpha value is -2.04. The average Bonchev–Trinajstić information content (AvgIpc) is 2.77. The lowest BCUT2D eigenvalue weighted by molar-refractivity contribution is -0.145. The maximum Gasteiger partial charge on any atom is 0.344 e. The summed E-state index contributed by atoms with van der Waals surface area (Å²) in [7, 11) is 0. The van der Waals surface area contributed by atoms with Gasteiger partial charge >= 0.3 is 5.97 Å². The van der Waals surface area contributed by atoms with Crippen molar-refractivity contribution in [2.45, 2.75) is 32.8 Å². The zero-order valence-electron chi connectivity index (χ0n) is 10.4. The van der Waals surface area contributed by atoms with Crippen molar-refractivity contribution in [1.29, 1.82) is 0 Å². The van der Waals surface area contributed by atoms with E-state index in [9.17, 15) is 4.79 Å². The first-order chi connectivity index (χ1) is 8.63. The van der Waals surface area contributed by atoms with Crippen LogP contribution in [0.2, 0.25) is 0 Å². The Kier molecular flexibility index (Phi) is 3.50. The molecular formula is C13H16N2O3. The Labute approximate surface area is 105 Å². The first-order valence-corrected chi connectivity index (χ1v) is 6.02. The molecule has 0 saturated heterocycles. The van der Waals surface area contributed by atoms with Gasteiger partial charge < -0.3 is 14.8 Å². The molecule has 2 N–H and O–H groups in total. The van der Waals surface area contributed by atoms with Crippen LogP contribution in [0.5, 0.6) is 5.75 Å². The number of imidazole rings is 1. The second-order valence-corrected chi connectivity index (χ2v) is 4.07. The Morgan fingerprint density at radius 3 is 2.89 bits per heavy atom. The molecule has 1 atom stereocenters. The predicted octanol–water partition coefficient (Wildman–Crippen LogP) is 2.37. The largest absolute Gasteiger partial charge is 0.479 e. The van der Waals surface area contributed by atoms with Gasteiger partial charge in [-0.2, -0.15) is 0 Å². The number of carboxylic acids is 1. The molecule has 1 aromatic carbocycles. The van der Waals surface area contributed by atoms with E-state index in [1.807, 2.05) is 13.0 Å². The van der Waals surface area contributed by atoms with Gasteiger partial charge in [0.15, 0.2) is 6.10 Å². The number of H-pyrrole nitrogens is 1. The second kappa shape index (κ2) is 5.08. The van der Waals surface area contributed by atoms with E-state index in [1.165, 1.54) is 0 Å². The molecule has 0 saturated carbocycles. The van der Waals surface area contributed by atoms with Gasteiger partial charge in [0.25, 0.3) is 0 Å². The van der Waals surface area contributed by atoms with Crippen molar-refractivity contribution >= 4 is 17.0 Å². The minimum Gasteiger partial charge on any atom is -0.479 e. The third kappa shape index (κ3) is 2.45. The number of aromatic amines is 1. The van der Waals surface area contributed by atoms with E-state index in [0.29, 0.717) is 12.2 Å². The number of carboxylic acid groups (broad SMARTS) is 1. The fourth-order valence-electron chi connectivity index (χ4n) is 1.75. The SMILES string of the molecule is CCc1nc2ccc(OC(CC)C(=O)O)cc2[nH]1. The topological polar surface area (TPSA) is 75.2 Å². The zero-order valence-corrected chi connectivity index (χ0v) is 10.4. The summed E-state index contributed by atoms with van der Waals surface area (Å²) in [6, 6.07) is 5.36. The van der Waals surface area contributed by atoms with Gasteiger partial charge in [0, 0.05) is 12.5 Å². The maximum atomic E-state index is 10.9. The molecule has 1 aromatic heterocycles. The van der Waals surface area contributed by atoms with Crippen LogP contribution in [-0.4, -0.2) is 27.1 Å². The number of rotatable bonds is 5. The Morgan fingerprint density at radius 1 is 1.50 bits per heavy atom. The molecule has 0 aliphatic carbocycles. The quantitative estimate of drug-likeness (QED) is 0.851. The summed E-state index contributed by atoms with van der Waals surface area (Å²) in [5.41, 5.74) is 1.73. The normalized spacial score (nSPS) is 12.6. The highest BCUT2D eigenvalue weighted by atomic mass is 16.5. The highest BCUT2D eigenvalue weighted by molar-refractivity contribution is 5.77. The van der Waals surface area contributed by atoms with Gasteiger partial charge in [0.1, 0.15) is 11.6 Å². The lowest BCUT2D eigenvalue weighted by atomic mass is 10.2. The minimum absolute atomic E-state index is 0.427. The van der Waals surface area contributed by atoms with Crippen molar-refractivity contribution < 1.29 is 14.6 Å². The first-order valence-electron chi connectivity index (χ1n) is 6.02. The zero-order chi connectivity index (χ0) is 13.1. The molecule has 18 heavy (non-hydrogen) atoms. The van der Waals surface area contributed by atoms with Gasteiger partial charge in [-0.3, -0.25) is 0 Å². The van der Waals surface area contributed by atoms with Crippen molar-refractivity contribution in [2.75, 3.05) is 0 Å². The summed E-state index contributed by atoms with van der Waals surface area (Å²) in [6.07, 6.45) is 0.449. The van der Waals surface area contributed by atoms with Gasteiger partial charge in [-0.25, -0.2) is 9.78 Å². The summed E-state index contributed by atoms with van der Waals surface area (Å²) < 4.78 is 5.43. The molecule has 0 radical (unpaired) electrons. The number of carbonyl (C=O) groups is 1. The van der Waals surface area contributed by atoms with Gasteiger partial charge in [-0.05, 0) is 18.6 Å². The molecule has 0 bridgehead atoms. The lowest BCUT2D eigenvalue weighted by Crippen LogP contribution is -2.25. The fraction of sp³-hybridized carbons (Fsp3) is 0.385. The number of fused-ring (bicyclic) bond motifs is 1. The van der Waals surface area contributed by atoms with Crippen molar-refractivity contribution in [3.63, 3.8) is 0 Å². The summed E-state index contributed by atoms with van der Waals surface area (Å²) in [6.45, 7) is 3.80. The number of aryl methyl sites for hydroxylation is 1. The van der Waals surface area contributed by atoms with Crippen LogP contribution in [0.1, 0.15) is 26.1 Å². The molecule has 5 heteroatoms. The van der Waals surface area contributed by atoms with Gasteiger partial charge in [0.05, 0.1) is 11.0 Å². The van der Waals surface area contributed by atoms with Crippen LogP contribution in [0, 0.1) is 0 Å². The third-order valence-electron chi connectivity index (χ3n) is 2.76. The van der Waals surface area contributed by atoms with Crippen molar-refractivity contribution in [1.82, 2.24) is 9.97 Å². The summed E-state index contributed by atoms with van der Waals surface area (Å²) in [5.74, 6) is 0.506. The predicted molar refractivity (Wildman–Crippen MR) is 67.8 cm³/mol. The highest BCUT2D eigenvalue weighted by Gasteiger charge is 2.17. The molecule has 5 nitrogen and oxygen atoms in total. The fourth-order valence-corrected chi connectivity index (χ4v) is 1.75. The maximum absolute atomic E-state index is 10.9. The Morgan fingerprint density at radius 2 is 2.28 bits per heavy atom. The van der Waals surface area contributed by atoms with Crippen LogP contribution in [0.4, 0.5) is 0 Å². The van der Waals surface area contributed by atoms with Crippen LogP contribution < -0.4 is 4.74 Å². The van der Waals surface area contributed by atoms with Crippen LogP contribution in [0.15, 0.2) is 18.2 Å². The first kappa shape index (κ1) is 12.4. The number of hydrogen-bond acceptors (Lipinski definition) is 3. The molecule has 0 fully saturated rings. The highest BCUT2D eigenvalue weighted by Crippen LogP contribution is 2.20. The number of nitrogens with one attached hydrogen (secondary N) is 1. The lowest BCUT2D eigenvalue weighted by Gasteiger charge is -2.12. The van der Waals surface area contributed by atoms with Gasteiger partial charge in [-0.1, -0.05) is 13.8 Å². The average molecular weight is 248 g/mol. The summed E-state index contributed by atoms with van der Waals surface area (Å²) in [4.78, 5) is 18.5.